The zero-order valence-electron chi connectivity index (χ0n) is 14.7. The van der Waals surface area contributed by atoms with Crippen molar-refractivity contribution in [3.63, 3.8) is 0 Å². The zero-order valence-corrected chi connectivity index (χ0v) is 14.7. The third kappa shape index (κ3) is 3.45. The number of carbonyl (C=O) groups excluding carboxylic acids is 1. The summed E-state index contributed by atoms with van der Waals surface area (Å²) in [6.07, 6.45) is 9.60. The highest BCUT2D eigenvalue weighted by atomic mass is 16.2. The maximum absolute atomic E-state index is 12.2. The summed E-state index contributed by atoms with van der Waals surface area (Å²) in [7, 11) is 3.06. The van der Waals surface area contributed by atoms with Gasteiger partial charge in [-0.25, -0.2) is 4.79 Å². The Balaban J connectivity index is 1.70. The molecular weight excluding hydrogens is 320 g/mol. The molecule has 2 aromatic rings. The lowest BCUT2D eigenvalue weighted by Gasteiger charge is -2.13. The molecule has 2 heterocycles. The molecule has 0 saturated carbocycles. The highest BCUT2D eigenvalue weighted by Gasteiger charge is 2.14. The molecule has 0 fully saturated rings. The number of hydrogen-bond acceptors (Lipinski definition) is 3. The third-order valence-electron chi connectivity index (χ3n) is 4.83. The first-order valence-corrected chi connectivity index (χ1v) is 8.68. The van der Waals surface area contributed by atoms with Crippen molar-refractivity contribution in [2.45, 2.75) is 38.6 Å². The lowest BCUT2D eigenvalue weighted by molar-refractivity contribution is -0.121. The van der Waals surface area contributed by atoms with Gasteiger partial charge in [0.2, 0.25) is 5.91 Å². The van der Waals surface area contributed by atoms with Crippen molar-refractivity contribution in [3.05, 3.63) is 44.8 Å². The monoisotopic (exact) mass is 344 g/mol. The fraction of sp³-hybridized carbons (Fsp3) is 0.500. The van der Waals surface area contributed by atoms with Crippen LogP contribution in [0.3, 0.4) is 0 Å². The molecule has 0 spiro atoms. The molecule has 0 saturated heterocycles. The van der Waals surface area contributed by atoms with Crippen LogP contribution in [0, 0.1) is 0 Å². The molecule has 1 aliphatic carbocycles. The van der Waals surface area contributed by atoms with E-state index < -0.39 is 5.69 Å². The van der Waals surface area contributed by atoms with E-state index in [1.807, 2.05) is 0 Å². The van der Waals surface area contributed by atoms with E-state index in [1.165, 1.54) is 30.0 Å². The highest BCUT2D eigenvalue weighted by molar-refractivity contribution is 5.80. The average molecular weight is 344 g/mol. The number of aryl methyl sites for hydroxylation is 1. The van der Waals surface area contributed by atoms with Crippen molar-refractivity contribution in [1.29, 1.82) is 0 Å². The smallest absolute Gasteiger partial charge is 0.332 e. The van der Waals surface area contributed by atoms with Gasteiger partial charge in [0.25, 0.3) is 5.56 Å². The summed E-state index contributed by atoms with van der Waals surface area (Å²) in [6.45, 7) is 0.702. The van der Waals surface area contributed by atoms with E-state index in [0.717, 1.165) is 23.8 Å². The molecule has 1 N–H and O–H groups in total. The Hall–Kier alpha value is -2.57. The van der Waals surface area contributed by atoms with Gasteiger partial charge in [-0.1, -0.05) is 11.6 Å². The molecular formula is C18H24N4O3. The lowest BCUT2D eigenvalue weighted by Crippen LogP contribution is -2.37. The molecule has 7 heteroatoms. The van der Waals surface area contributed by atoms with E-state index in [4.69, 9.17) is 0 Å². The number of aromatic nitrogens is 3. The fourth-order valence-electron chi connectivity index (χ4n) is 3.42. The van der Waals surface area contributed by atoms with Crippen molar-refractivity contribution < 1.29 is 4.79 Å². The van der Waals surface area contributed by atoms with Gasteiger partial charge in [0, 0.05) is 26.8 Å². The SMILES string of the molecule is Cn1c(=O)c2ccn(CC(=O)NCCC3=CCCCC3)c2n(C)c1=O. The van der Waals surface area contributed by atoms with Crippen LogP contribution in [0.25, 0.3) is 11.0 Å². The minimum absolute atomic E-state index is 0.0863. The summed E-state index contributed by atoms with van der Waals surface area (Å²) >= 11 is 0. The maximum atomic E-state index is 12.2. The Labute approximate surface area is 145 Å². The van der Waals surface area contributed by atoms with E-state index in [1.54, 1.807) is 23.9 Å². The zero-order chi connectivity index (χ0) is 18.0. The minimum Gasteiger partial charge on any atom is -0.354 e. The van der Waals surface area contributed by atoms with Crippen LogP contribution in [0.2, 0.25) is 0 Å². The molecule has 1 aliphatic rings. The predicted molar refractivity (Wildman–Crippen MR) is 96.6 cm³/mol. The summed E-state index contributed by atoms with van der Waals surface area (Å²) in [5, 5.41) is 3.36. The third-order valence-corrected chi connectivity index (χ3v) is 4.83. The first-order chi connectivity index (χ1) is 12.0. The minimum atomic E-state index is -0.401. The average Bonchev–Trinajstić information content (AvgIpc) is 3.02. The highest BCUT2D eigenvalue weighted by Crippen LogP contribution is 2.19. The van der Waals surface area contributed by atoms with Crippen molar-refractivity contribution in [1.82, 2.24) is 19.0 Å². The molecule has 0 unspecified atom stereocenters. The van der Waals surface area contributed by atoms with E-state index >= 15 is 0 Å². The van der Waals surface area contributed by atoms with Crippen LogP contribution >= 0.6 is 0 Å². The predicted octanol–water partition coefficient (Wildman–Crippen LogP) is 1.05. The van der Waals surface area contributed by atoms with Crippen molar-refractivity contribution in [3.8, 4) is 0 Å². The van der Waals surface area contributed by atoms with E-state index in [9.17, 15) is 14.4 Å². The number of amides is 1. The van der Waals surface area contributed by atoms with Crippen molar-refractivity contribution in [2.24, 2.45) is 14.1 Å². The first-order valence-electron chi connectivity index (χ1n) is 8.68. The van der Waals surface area contributed by atoms with Gasteiger partial charge in [0.15, 0.2) is 0 Å². The van der Waals surface area contributed by atoms with Gasteiger partial charge in [-0.2, -0.15) is 0 Å². The number of fused-ring (bicyclic) bond motifs is 1. The molecule has 3 rings (SSSR count). The lowest BCUT2D eigenvalue weighted by atomic mass is 9.97. The normalized spacial score (nSPS) is 14.6. The van der Waals surface area contributed by atoms with Gasteiger partial charge in [-0.15, -0.1) is 0 Å². The Morgan fingerprint density at radius 2 is 2.00 bits per heavy atom. The molecule has 134 valence electrons. The molecule has 2 aromatic heterocycles. The van der Waals surface area contributed by atoms with Crippen LogP contribution < -0.4 is 16.6 Å². The van der Waals surface area contributed by atoms with Gasteiger partial charge in [-0.3, -0.25) is 18.7 Å². The molecule has 0 atom stereocenters. The van der Waals surface area contributed by atoms with Crippen LogP contribution in [0.1, 0.15) is 32.1 Å². The van der Waals surface area contributed by atoms with Gasteiger partial charge in [-0.05, 0) is 38.2 Å². The van der Waals surface area contributed by atoms with Gasteiger partial charge < -0.3 is 9.88 Å². The van der Waals surface area contributed by atoms with E-state index in [2.05, 4.69) is 11.4 Å². The molecule has 0 aliphatic heterocycles. The number of rotatable bonds is 5. The number of nitrogens with zero attached hydrogens (tertiary/aromatic N) is 3. The van der Waals surface area contributed by atoms with Crippen molar-refractivity contribution >= 4 is 16.9 Å². The van der Waals surface area contributed by atoms with Gasteiger partial charge in [0.1, 0.15) is 12.2 Å². The molecule has 0 radical (unpaired) electrons. The van der Waals surface area contributed by atoms with Crippen molar-refractivity contribution in [2.75, 3.05) is 6.54 Å². The maximum Gasteiger partial charge on any atom is 0.332 e. The Kier molecular flexibility index (Phi) is 4.92. The number of nitrogens with one attached hydrogen (secondary N) is 1. The molecule has 0 bridgehead atoms. The van der Waals surface area contributed by atoms with Crippen LogP contribution in [0.15, 0.2) is 33.5 Å². The molecule has 25 heavy (non-hydrogen) atoms. The van der Waals surface area contributed by atoms with Crippen LogP contribution in [0.4, 0.5) is 0 Å². The topological polar surface area (TPSA) is 78.0 Å². The standard InChI is InChI=1S/C18H24N4O3/c1-20-16-14(17(24)21(2)18(20)25)9-11-22(16)12-15(23)19-10-8-13-6-4-3-5-7-13/h6,9,11H,3-5,7-8,10,12H2,1-2H3,(H,19,23). The fourth-order valence-corrected chi connectivity index (χ4v) is 3.42. The Morgan fingerprint density at radius 1 is 1.20 bits per heavy atom. The second-order valence-electron chi connectivity index (χ2n) is 6.59. The second kappa shape index (κ2) is 7.13. The van der Waals surface area contributed by atoms with Crippen LogP contribution in [0.5, 0.6) is 0 Å². The van der Waals surface area contributed by atoms with E-state index in [-0.39, 0.29) is 18.0 Å². The largest absolute Gasteiger partial charge is 0.354 e. The van der Waals surface area contributed by atoms with E-state index in [0.29, 0.717) is 17.6 Å². The Morgan fingerprint density at radius 3 is 2.72 bits per heavy atom. The summed E-state index contributed by atoms with van der Waals surface area (Å²) in [6, 6.07) is 1.65. The van der Waals surface area contributed by atoms with Gasteiger partial charge in [0.05, 0.1) is 5.39 Å². The summed E-state index contributed by atoms with van der Waals surface area (Å²) < 4.78 is 4.12. The summed E-state index contributed by atoms with van der Waals surface area (Å²) in [5.74, 6) is -0.123. The summed E-state index contributed by atoms with van der Waals surface area (Å²) in [4.78, 5) is 36.5. The van der Waals surface area contributed by atoms with Crippen LogP contribution in [-0.2, 0) is 25.4 Å². The number of allylic oxidation sites excluding steroid dienone is 1. The summed E-state index contributed by atoms with van der Waals surface area (Å²) in [5.41, 5.74) is 1.14. The number of hydrogen-bond donors (Lipinski definition) is 1. The number of carbonyl (C=O) groups is 1. The molecule has 1 amide bonds. The molecule has 0 aromatic carbocycles. The Bertz CT molecular complexity index is 946. The van der Waals surface area contributed by atoms with Crippen LogP contribution in [-0.4, -0.2) is 26.2 Å². The van der Waals surface area contributed by atoms with Gasteiger partial charge >= 0.3 is 5.69 Å². The molecule has 7 nitrogen and oxygen atoms in total. The first kappa shape index (κ1) is 17.3. The second-order valence-corrected chi connectivity index (χ2v) is 6.59. The quantitative estimate of drug-likeness (QED) is 0.824.